The number of carbonyl (C=O) groups excluding carboxylic acids is 4. The monoisotopic (exact) mass is 655 g/mol. The van der Waals surface area contributed by atoms with E-state index in [-0.39, 0.29) is 6.61 Å². The summed E-state index contributed by atoms with van der Waals surface area (Å²) in [4.78, 5) is 49.3. The number of ether oxygens (including phenoxy) is 5. The number of hydrogen-bond acceptors (Lipinski definition) is 10. The first-order valence-corrected chi connectivity index (χ1v) is 14.3. The van der Waals surface area contributed by atoms with Crippen molar-refractivity contribution >= 4 is 73.6 Å². The average Bonchev–Trinajstić information content (AvgIpc) is 3.43. The Bertz CT molecular complexity index is 1440. The van der Waals surface area contributed by atoms with Gasteiger partial charge in [-0.15, -0.1) is 11.3 Å². The van der Waals surface area contributed by atoms with Crippen molar-refractivity contribution in [2.24, 2.45) is 0 Å². The number of carbonyl (C=O) groups is 4. The molecule has 13 heteroatoms. The normalized spacial score (nSPS) is 22.5. The van der Waals surface area contributed by atoms with Crippen LogP contribution in [0.15, 0.2) is 40.3 Å². The second-order valence-electron chi connectivity index (χ2n) is 9.17. The van der Waals surface area contributed by atoms with Crippen molar-refractivity contribution in [1.82, 2.24) is 4.57 Å². The third-order valence-corrected chi connectivity index (χ3v) is 8.06. The standard InChI is InChI=1S/C27H27BrClNO9S/c1-13(31)35-12-21-24(36-14(2)32)25(37-15(3)33)26(38-16(4)34)27(39-21)30-11-17(10-18-8-9-22(28)40-18)23-19(29)6-5-7-20(23)30/h5-9,11,21,24-27H,10,12H2,1-4H3/t21-,24-,25+,26-,27-/m1/s1. The first kappa shape index (κ1) is 30.0. The lowest BCUT2D eigenvalue weighted by atomic mass is 9.97. The number of halogens is 2. The van der Waals surface area contributed by atoms with Crippen molar-refractivity contribution in [3.05, 3.63) is 55.8 Å². The topological polar surface area (TPSA) is 119 Å². The molecule has 40 heavy (non-hydrogen) atoms. The molecule has 214 valence electrons. The molecule has 2 aromatic heterocycles. The van der Waals surface area contributed by atoms with Gasteiger partial charge in [0.2, 0.25) is 0 Å². The Morgan fingerprint density at radius 2 is 1.57 bits per heavy atom. The third-order valence-electron chi connectivity index (χ3n) is 6.12. The van der Waals surface area contributed by atoms with E-state index in [4.69, 9.17) is 35.3 Å². The molecule has 4 rings (SSSR count). The summed E-state index contributed by atoms with van der Waals surface area (Å²) in [6.45, 7) is 4.48. The molecule has 1 fully saturated rings. The summed E-state index contributed by atoms with van der Waals surface area (Å²) < 4.78 is 31.0. The quantitative estimate of drug-likeness (QED) is 0.245. The minimum absolute atomic E-state index is 0.315. The van der Waals surface area contributed by atoms with Crippen molar-refractivity contribution in [3.63, 3.8) is 0 Å². The fourth-order valence-corrected chi connectivity index (χ4v) is 6.55. The molecule has 3 aromatic rings. The zero-order chi connectivity index (χ0) is 29.1. The SMILES string of the molecule is CC(=O)OC[C@H]1O[C@@H](n2cc(Cc3ccc(Br)s3)c3c(Cl)cccc32)[C@H](OC(C)=O)[C@@H](OC(C)=O)[C@@H]1OC(C)=O. The Hall–Kier alpha value is -2.93. The number of hydrogen-bond donors (Lipinski definition) is 0. The summed E-state index contributed by atoms with van der Waals surface area (Å²) in [6.07, 6.45) is -3.52. The molecule has 0 aliphatic carbocycles. The molecule has 0 bridgehead atoms. The van der Waals surface area contributed by atoms with Gasteiger partial charge >= 0.3 is 23.9 Å². The molecule has 0 radical (unpaired) electrons. The van der Waals surface area contributed by atoms with Crippen LogP contribution in [0.5, 0.6) is 0 Å². The van der Waals surface area contributed by atoms with Gasteiger partial charge in [-0.2, -0.15) is 0 Å². The predicted molar refractivity (Wildman–Crippen MR) is 149 cm³/mol. The highest BCUT2D eigenvalue weighted by Gasteiger charge is 2.53. The Labute approximate surface area is 247 Å². The molecule has 1 saturated heterocycles. The van der Waals surface area contributed by atoms with Crippen molar-refractivity contribution < 1.29 is 42.9 Å². The van der Waals surface area contributed by atoms with Crippen LogP contribution in [0, 0.1) is 0 Å². The summed E-state index contributed by atoms with van der Waals surface area (Å²) in [5, 5.41) is 1.27. The summed E-state index contributed by atoms with van der Waals surface area (Å²) in [5.41, 5.74) is 1.54. The summed E-state index contributed by atoms with van der Waals surface area (Å²) in [7, 11) is 0. The maximum atomic E-state index is 12.3. The van der Waals surface area contributed by atoms with Gasteiger partial charge in [0.05, 0.1) is 14.3 Å². The van der Waals surface area contributed by atoms with Crippen molar-refractivity contribution in [3.8, 4) is 0 Å². The first-order chi connectivity index (χ1) is 18.9. The highest BCUT2D eigenvalue weighted by atomic mass is 79.9. The van der Waals surface area contributed by atoms with Crippen LogP contribution < -0.4 is 0 Å². The second-order valence-corrected chi connectivity index (χ2v) is 12.1. The van der Waals surface area contributed by atoms with Gasteiger partial charge in [-0.1, -0.05) is 17.7 Å². The second kappa shape index (κ2) is 12.7. The minimum atomic E-state index is -1.28. The van der Waals surface area contributed by atoms with Gasteiger partial charge in [0.25, 0.3) is 0 Å². The fourth-order valence-electron chi connectivity index (χ4n) is 4.76. The molecule has 5 atom stereocenters. The lowest BCUT2D eigenvalue weighted by Crippen LogP contribution is -2.60. The molecule has 1 aliphatic rings. The van der Waals surface area contributed by atoms with Crippen LogP contribution in [-0.4, -0.2) is 59.5 Å². The average molecular weight is 657 g/mol. The number of fused-ring (bicyclic) bond motifs is 1. The van der Waals surface area contributed by atoms with Crippen molar-refractivity contribution in [2.75, 3.05) is 6.61 Å². The molecule has 0 amide bonds. The summed E-state index contributed by atoms with van der Waals surface area (Å²) >= 11 is 11.7. The van der Waals surface area contributed by atoms with Gasteiger partial charge in [-0.3, -0.25) is 19.2 Å². The molecule has 3 heterocycles. The Kier molecular flexibility index (Phi) is 9.55. The number of aromatic nitrogens is 1. The van der Waals surface area contributed by atoms with Gasteiger partial charge in [0.1, 0.15) is 12.7 Å². The molecule has 1 aliphatic heterocycles. The van der Waals surface area contributed by atoms with Crippen LogP contribution in [0.3, 0.4) is 0 Å². The van der Waals surface area contributed by atoms with E-state index in [1.54, 1.807) is 28.0 Å². The molecule has 1 aromatic carbocycles. The van der Waals surface area contributed by atoms with E-state index in [1.807, 2.05) is 24.4 Å². The molecule has 0 saturated carbocycles. The lowest BCUT2D eigenvalue weighted by Gasteiger charge is -2.44. The van der Waals surface area contributed by atoms with Crippen molar-refractivity contribution in [2.45, 2.75) is 64.8 Å². The van der Waals surface area contributed by atoms with Crippen LogP contribution in [-0.2, 0) is 49.3 Å². The highest BCUT2D eigenvalue weighted by molar-refractivity contribution is 9.11. The zero-order valence-electron chi connectivity index (χ0n) is 22.1. The maximum absolute atomic E-state index is 12.3. The lowest BCUT2D eigenvalue weighted by molar-refractivity contribution is -0.267. The van der Waals surface area contributed by atoms with Gasteiger partial charge in [0, 0.05) is 50.6 Å². The van der Waals surface area contributed by atoms with Crippen molar-refractivity contribution in [1.29, 1.82) is 0 Å². The van der Waals surface area contributed by atoms with Gasteiger partial charge in [0.15, 0.2) is 24.5 Å². The van der Waals surface area contributed by atoms with E-state index in [2.05, 4.69) is 15.9 Å². The molecule has 10 nitrogen and oxygen atoms in total. The number of benzene rings is 1. The Morgan fingerprint density at radius 3 is 2.17 bits per heavy atom. The maximum Gasteiger partial charge on any atom is 0.303 e. The summed E-state index contributed by atoms with van der Waals surface area (Å²) in [6, 6.07) is 9.35. The largest absolute Gasteiger partial charge is 0.463 e. The van der Waals surface area contributed by atoms with Gasteiger partial charge in [-0.05, 0) is 45.8 Å². The summed E-state index contributed by atoms with van der Waals surface area (Å²) in [5.74, 6) is -2.65. The molecule has 0 spiro atoms. The predicted octanol–water partition coefficient (Wildman–Crippen LogP) is 4.97. The van der Waals surface area contributed by atoms with E-state index in [0.29, 0.717) is 17.0 Å². The van der Waals surface area contributed by atoms with Crippen LogP contribution in [0.25, 0.3) is 10.9 Å². The van der Waals surface area contributed by atoms with Gasteiger partial charge in [-0.25, -0.2) is 0 Å². The van der Waals surface area contributed by atoms with Crippen LogP contribution >= 0.6 is 38.9 Å². The first-order valence-electron chi connectivity index (χ1n) is 12.3. The minimum Gasteiger partial charge on any atom is -0.463 e. The smallest absolute Gasteiger partial charge is 0.303 e. The number of thiophene rings is 1. The van der Waals surface area contributed by atoms with Crippen LogP contribution in [0.2, 0.25) is 5.02 Å². The van der Waals surface area contributed by atoms with E-state index in [0.717, 1.165) is 19.6 Å². The van der Waals surface area contributed by atoms with Crippen LogP contribution in [0.4, 0.5) is 0 Å². The highest BCUT2D eigenvalue weighted by Crippen LogP contribution is 2.40. The number of rotatable bonds is 8. The zero-order valence-corrected chi connectivity index (χ0v) is 25.2. The Balaban J connectivity index is 1.87. The van der Waals surface area contributed by atoms with E-state index in [9.17, 15) is 19.2 Å². The number of nitrogens with zero attached hydrogens (tertiary/aromatic N) is 1. The van der Waals surface area contributed by atoms with Gasteiger partial charge < -0.3 is 28.3 Å². The van der Waals surface area contributed by atoms with E-state index >= 15 is 0 Å². The van der Waals surface area contributed by atoms with E-state index in [1.165, 1.54) is 27.7 Å². The molecule has 0 N–H and O–H groups in total. The van der Waals surface area contributed by atoms with Crippen LogP contribution in [0.1, 0.15) is 44.4 Å². The molecular weight excluding hydrogens is 630 g/mol. The Morgan fingerprint density at radius 1 is 0.925 bits per heavy atom. The van der Waals surface area contributed by atoms with E-state index < -0.39 is 54.5 Å². The molecule has 0 unspecified atom stereocenters. The molecular formula is C27H27BrClNO9S. The fraction of sp³-hybridized carbons (Fsp3) is 0.407. The third kappa shape index (κ3) is 6.85. The number of esters is 4.